The summed E-state index contributed by atoms with van der Waals surface area (Å²) in [6.45, 7) is 9.29. The SMILES string of the molecule is CC(NC(=O)C1CC(O)CN1C(=O)C(c1cc(N2CCNCC2)no1)C(C)C)c1ccc(-c2ccnn2C)cc1. The minimum atomic E-state index is -0.771. The van der Waals surface area contributed by atoms with E-state index in [1.165, 1.54) is 4.90 Å². The van der Waals surface area contributed by atoms with Crippen LogP contribution >= 0.6 is 0 Å². The summed E-state index contributed by atoms with van der Waals surface area (Å²) in [6.07, 6.45) is 1.18. The van der Waals surface area contributed by atoms with Crippen LogP contribution in [0.4, 0.5) is 5.82 Å². The van der Waals surface area contributed by atoms with Crippen molar-refractivity contribution < 1.29 is 19.2 Å². The molecule has 0 bridgehead atoms. The first-order chi connectivity index (χ1) is 19.2. The Hall–Kier alpha value is -3.70. The number of hydrogen-bond donors (Lipinski definition) is 3. The molecule has 2 fully saturated rings. The highest BCUT2D eigenvalue weighted by atomic mass is 16.5. The molecule has 4 heterocycles. The van der Waals surface area contributed by atoms with Crippen molar-refractivity contribution >= 4 is 17.6 Å². The molecule has 2 aromatic heterocycles. The number of aromatic nitrogens is 3. The fourth-order valence-electron chi connectivity index (χ4n) is 5.68. The summed E-state index contributed by atoms with van der Waals surface area (Å²) in [4.78, 5) is 31.0. The van der Waals surface area contributed by atoms with E-state index in [1.54, 1.807) is 6.20 Å². The summed E-state index contributed by atoms with van der Waals surface area (Å²) in [5.74, 6) is -0.0149. The third kappa shape index (κ3) is 5.75. The van der Waals surface area contributed by atoms with Gasteiger partial charge in [0.15, 0.2) is 11.6 Å². The second-order valence-electron chi connectivity index (χ2n) is 11.1. The molecule has 2 amide bonds. The summed E-state index contributed by atoms with van der Waals surface area (Å²) in [7, 11) is 1.90. The number of piperazine rings is 1. The normalized spacial score (nSPS) is 21.1. The molecule has 40 heavy (non-hydrogen) atoms. The maximum atomic E-state index is 13.9. The highest BCUT2D eigenvalue weighted by Crippen LogP contribution is 2.33. The van der Waals surface area contributed by atoms with Gasteiger partial charge in [-0.3, -0.25) is 14.3 Å². The Morgan fingerprint density at radius 1 is 1.12 bits per heavy atom. The van der Waals surface area contributed by atoms with Crippen LogP contribution in [0.5, 0.6) is 0 Å². The van der Waals surface area contributed by atoms with Crippen LogP contribution in [0.25, 0.3) is 11.3 Å². The van der Waals surface area contributed by atoms with Gasteiger partial charge in [-0.25, -0.2) is 0 Å². The lowest BCUT2D eigenvalue weighted by Crippen LogP contribution is -2.48. The van der Waals surface area contributed by atoms with Gasteiger partial charge in [-0.1, -0.05) is 43.3 Å². The fraction of sp³-hybridized carbons (Fsp3) is 0.517. The van der Waals surface area contributed by atoms with Crippen LogP contribution in [0.1, 0.15) is 50.5 Å². The number of benzene rings is 1. The zero-order chi connectivity index (χ0) is 28.4. The van der Waals surface area contributed by atoms with Crippen molar-refractivity contribution in [2.45, 2.75) is 51.3 Å². The molecule has 0 radical (unpaired) electrons. The van der Waals surface area contributed by atoms with Gasteiger partial charge < -0.3 is 30.1 Å². The molecule has 11 nitrogen and oxygen atoms in total. The summed E-state index contributed by atoms with van der Waals surface area (Å²) >= 11 is 0. The topological polar surface area (TPSA) is 129 Å². The van der Waals surface area contributed by atoms with Crippen LogP contribution in [0.3, 0.4) is 0 Å². The summed E-state index contributed by atoms with van der Waals surface area (Å²) < 4.78 is 7.49. The largest absolute Gasteiger partial charge is 0.391 e. The number of aliphatic hydroxyl groups excluding tert-OH is 1. The predicted molar refractivity (Wildman–Crippen MR) is 150 cm³/mol. The van der Waals surface area contributed by atoms with Gasteiger partial charge in [0.2, 0.25) is 11.8 Å². The average Bonchev–Trinajstić information content (AvgIpc) is 3.69. The van der Waals surface area contributed by atoms with E-state index in [0.29, 0.717) is 11.6 Å². The number of aliphatic hydroxyl groups is 1. The van der Waals surface area contributed by atoms with Gasteiger partial charge >= 0.3 is 0 Å². The Morgan fingerprint density at radius 2 is 1.85 bits per heavy atom. The second kappa shape index (κ2) is 11.8. The van der Waals surface area contributed by atoms with Gasteiger partial charge in [0.1, 0.15) is 12.0 Å². The van der Waals surface area contributed by atoms with Crippen molar-refractivity contribution in [2.24, 2.45) is 13.0 Å². The predicted octanol–water partition coefficient (Wildman–Crippen LogP) is 2.06. The molecule has 2 aliphatic heterocycles. The van der Waals surface area contributed by atoms with Crippen LogP contribution in [0, 0.1) is 5.92 Å². The number of rotatable bonds is 8. The van der Waals surface area contributed by atoms with Gasteiger partial charge in [-0.05, 0) is 30.0 Å². The molecule has 2 saturated heterocycles. The number of carbonyl (C=O) groups excluding carboxylic acids is 2. The minimum Gasteiger partial charge on any atom is -0.391 e. The van der Waals surface area contributed by atoms with E-state index in [1.807, 2.05) is 68.9 Å². The number of nitrogens with zero attached hydrogens (tertiary/aromatic N) is 5. The number of carbonyl (C=O) groups is 2. The monoisotopic (exact) mass is 549 g/mol. The maximum absolute atomic E-state index is 13.9. The van der Waals surface area contributed by atoms with Gasteiger partial charge in [-0.15, -0.1) is 0 Å². The molecule has 3 aromatic rings. The van der Waals surface area contributed by atoms with E-state index < -0.39 is 18.1 Å². The number of aryl methyl sites for hydroxylation is 1. The molecule has 1 aromatic carbocycles. The third-order valence-corrected chi connectivity index (χ3v) is 7.95. The second-order valence-corrected chi connectivity index (χ2v) is 11.1. The molecule has 2 aliphatic rings. The Labute approximate surface area is 234 Å². The number of hydrogen-bond acceptors (Lipinski definition) is 8. The molecular formula is C29H39N7O4. The lowest BCUT2D eigenvalue weighted by molar-refractivity contribution is -0.141. The van der Waals surface area contributed by atoms with Crippen molar-refractivity contribution in [1.29, 1.82) is 0 Å². The van der Waals surface area contributed by atoms with E-state index in [0.717, 1.165) is 43.0 Å². The van der Waals surface area contributed by atoms with Gasteiger partial charge in [0.05, 0.1) is 17.8 Å². The first kappa shape index (κ1) is 27.9. The molecule has 3 N–H and O–H groups in total. The molecule has 5 rings (SSSR count). The Bertz CT molecular complexity index is 1310. The van der Waals surface area contributed by atoms with E-state index in [2.05, 4.69) is 25.8 Å². The zero-order valence-corrected chi connectivity index (χ0v) is 23.6. The van der Waals surface area contributed by atoms with E-state index in [9.17, 15) is 14.7 Å². The van der Waals surface area contributed by atoms with Gasteiger partial charge in [0.25, 0.3) is 0 Å². The van der Waals surface area contributed by atoms with Crippen molar-refractivity contribution in [1.82, 2.24) is 30.5 Å². The molecule has 0 spiro atoms. The summed E-state index contributed by atoms with van der Waals surface area (Å²) in [5.41, 5.74) is 2.98. The van der Waals surface area contributed by atoms with Crippen molar-refractivity contribution in [3.05, 3.63) is 53.9 Å². The first-order valence-corrected chi connectivity index (χ1v) is 14.0. The molecule has 214 valence electrons. The number of amides is 2. The van der Waals surface area contributed by atoms with Crippen LogP contribution in [-0.2, 0) is 16.6 Å². The number of nitrogens with one attached hydrogen (secondary N) is 2. The van der Waals surface area contributed by atoms with Crippen molar-refractivity contribution in [2.75, 3.05) is 37.6 Å². The van der Waals surface area contributed by atoms with Gasteiger partial charge in [-0.2, -0.15) is 5.10 Å². The maximum Gasteiger partial charge on any atom is 0.243 e. The Balaban J connectivity index is 1.28. The third-order valence-electron chi connectivity index (χ3n) is 7.95. The molecule has 4 atom stereocenters. The minimum absolute atomic E-state index is 0.0883. The first-order valence-electron chi connectivity index (χ1n) is 14.0. The number of anilines is 1. The Morgan fingerprint density at radius 3 is 2.50 bits per heavy atom. The lowest BCUT2D eigenvalue weighted by Gasteiger charge is -2.29. The van der Waals surface area contributed by atoms with Crippen LogP contribution in [0.2, 0.25) is 0 Å². The number of likely N-dealkylation sites (tertiary alicyclic amines) is 1. The zero-order valence-electron chi connectivity index (χ0n) is 23.6. The smallest absolute Gasteiger partial charge is 0.243 e. The Kier molecular flexibility index (Phi) is 8.22. The van der Waals surface area contributed by atoms with Gasteiger partial charge in [0, 0.05) is 58.5 Å². The molecule has 4 unspecified atom stereocenters. The van der Waals surface area contributed by atoms with E-state index >= 15 is 0 Å². The average molecular weight is 550 g/mol. The molecule has 11 heteroatoms. The van der Waals surface area contributed by atoms with E-state index in [-0.39, 0.29) is 36.7 Å². The molecule has 0 aliphatic carbocycles. The quantitative estimate of drug-likeness (QED) is 0.390. The molecule has 0 saturated carbocycles. The van der Waals surface area contributed by atoms with E-state index in [4.69, 9.17) is 4.52 Å². The standard InChI is InChI=1S/C29H39N7O4/c1-18(2)27(25-16-26(33-40-25)35-13-11-30-12-14-35)29(39)36-17-22(37)15-24(36)28(38)32-19(3)20-5-7-21(8-6-20)23-9-10-31-34(23)4/h5-10,16,18-19,22,24,27,30,37H,11-15,17H2,1-4H3,(H,32,38). The number of β-amino-alcohol motifs (C(OH)–C–C–N with tert-alkyl or cyclic N) is 1. The van der Waals surface area contributed by atoms with Crippen LogP contribution in [0.15, 0.2) is 47.1 Å². The van der Waals surface area contributed by atoms with Crippen LogP contribution < -0.4 is 15.5 Å². The highest BCUT2D eigenvalue weighted by Gasteiger charge is 2.43. The molecular weight excluding hydrogens is 510 g/mol. The highest BCUT2D eigenvalue weighted by molar-refractivity contribution is 5.91. The van der Waals surface area contributed by atoms with Crippen molar-refractivity contribution in [3.8, 4) is 11.3 Å². The summed E-state index contributed by atoms with van der Waals surface area (Å²) in [5, 5.41) is 25.3. The summed E-state index contributed by atoms with van der Waals surface area (Å²) in [6, 6.07) is 10.7. The lowest BCUT2D eigenvalue weighted by atomic mass is 9.91. The van der Waals surface area contributed by atoms with Crippen molar-refractivity contribution in [3.63, 3.8) is 0 Å². The fourth-order valence-corrected chi connectivity index (χ4v) is 5.68. The van der Waals surface area contributed by atoms with Crippen LogP contribution in [-0.4, -0.2) is 81.6 Å².